The number of hydrogen-bond acceptors (Lipinski definition) is 2. The normalized spacial score (nSPS) is 11.3. The Balaban J connectivity index is 3.16. The lowest BCUT2D eigenvalue weighted by Crippen LogP contribution is -2.24. The van der Waals surface area contributed by atoms with Crippen LogP contribution < -0.4 is 11.1 Å². The van der Waals surface area contributed by atoms with Gasteiger partial charge in [-0.1, -0.05) is 83.3 Å². The maximum atomic E-state index is 11.6. The molecule has 0 unspecified atom stereocenters. The van der Waals surface area contributed by atoms with Gasteiger partial charge in [-0.15, -0.1) is 0 Å². The van der Waals surface area contributed by atoms with Gasteiger partial charge in [-0.3, -0.25) is 4.79 Å². The maximum absolute atomic E-state index is 11.6. The Morgan fingerprint density at radius 2 is 1.22 bits per heavy atom. The first-order valence-electron chi connectivity index (χ1n) is 11.9. The van der Waals surface area contributed by atoms with Crippen molar-refractivity contribution < 1.29 is 4.79 Å². The zero-order valence-corrected chi connectivity index (χ0v) is 18.3. The van der Waals surface area contributed by atoms with Crippen LogP contribution in [-0.4, -0.2) is 19.0 Å². The van der Waals surface area contributed by atoms with Gasteiger partial charge in [0.1, 0.15) is 0 Å². The van der Waals surface area contributed by atoms with E-state index in [1.165, 1.54) is 89.9 Å². The number of hydrogen-bond donors (Lipinski definition) is 2. The minimum Gasteiger partial charge on any atom is -0.356 e. The summed E-state index contributed by atoms with van der Waals surface area (Å²) in [5, 5.41) is 2.97. The van der Waals surface area contributed by atoms with Crippen LogP contribution in [0, 0.1) is 0 Å². The molecule has 27 heavy (non-hydrogen) atoms. The molecule has 0 saturated heterocycles. The molecule has 0 saturated carbocycles. The minimum absolute atomic E-state index is 0.208. The molecule has 0 aromatic heterocycles. The molecule has 0 heterocycles. The molecule has 0 spiro atoms. The van der Waals surface area contributed by atoms with Gasteiger partial charge in [-0.05, 0) is 51.5 Å². The summed E-state index contributed by atoms with van der Waals surface area (Å²) in [7, 11) is 0. The lowest BCUT2D eigenvalue weighted by molar-refractivity contribution is -0.121. The van der Waals surface area contributed by atoms with Crippen LogP contribution in [0.2, 0.25) is 0 Å². The van der Waals surface area contributed by atoms with Crippen molar-refractivity contribution in [3.63, 3.8) is 0 Å². The fourth-order valence-corrected chi connectivity index (χ4v) is 3.30. The molecule has 3 heteroatoms. The van der Waals surface area contributed by atoms with Crippen molar-refractivity contribution in [2.75, 3.05) is 13.1 Å². The van der Waals surface area contributed by atoms with Crippen LogP contribution in [0.25, 0.3) is 0 Å². The maximum Gasteiger partial charge on any atom is 0.219 e. The Bertz CT molecular complexity index is 328. The second kappa shape index (κ2) is 23.2. The fraction of sp³-hybridized carbons (Fsp3) is 0.875. The van der Waals surface area contributed by atoms with E-state index in [0.29, 0.717) is 13.0 Å². The molecule has 0 aromatic rings. The Kier molecular flexibility index (Phi) is 22.5. The predicted molar refractivity (Wildman–Crippen MR) is 120 cm³/mol. The largest absolute Gasteiger partial charge is 0.356 e. The van der Waals surface area contributed by atoms with E-state index in [1.54, 1.807) is 0 Å². The van der Waals surface area contributed by atoms with Crippen LogP contribution >= 0.6 is 0 Å². The highest BCUT2D eigenvalue weighted by Gasteiger charge is 2.00. The van der Waals surface area contributed by atoms with Gasteiger partial charge in [0.15, 0.2) is 0 Å². The van der Waals surface area contributed by atoms with Crippen molar-refractivity contribution in [3.05, 3.63) is 12.2 Å². The number of nitrogens with two attached hydrogens (primary N) is 1. The summed E-state index contributed by atoms with van der Waals surface area (Å²) >= 11 is 0. The third kappa shape index (κ3) is 23.1. The summed E-state index contributed by atoms with van der Waals surface area (Å²) in [6.45, 7) is 3.77. The van der Waals surface area contributed by atoms with Crippen molar-refractivity contribution in [2.24, 2.45) is 5.73 Å². The number of unbranched alkanes of at least 4 members (excludes halogenated alkanes) is 14. The molecule has 0 aromatic carbocycles. The highest BCUT2D eigenvalue weighted by atomic mass is 16.1. The van der Waals surface area contributed by atoms with Crippen molar-refractivity contribution in [1.82, 2.24) is 5.32 Å². The zero-order valence-electron chi connectivity index (χ0n) is 18.3. The second-order valence-corrected chi connectivity index (χ2v) is 7.89. The second-order valence-electron chi connectivity index (χ2n) is 7.89. The Labute approximate surface area is 169 Å². The molecule has 0 bridgehead atoms. The highest BCUT2D eigenvalue weighted by molar-refractivity contribution is 5.75. The number of allylic oxidation sites excluding steroid dienone is 2. The molecule has 0 aliphatic rings. The summed E-state index contributed by atoms with van der Waals surface area (Å²) in [6, 6.07) is 0. The first-order chi connectivity index (χ1) is 13.3. The highest BCUT2D eigenvalue weighted by Crippen LogP contribution is 2.11. The first-order valence-corrected chi connectivity index (χ1v) is 11.9. The lowest BCUT2D eigenvalue weighted by Gasteiger charge is -2.04. The van der Waals surface area contributed by atoms with E-state index >= 15 is 0 Å². The molecule has 3 nitrogen and oxygen atoms in total. The molecule has 3 N–H and O–H groups in total. The zero-order chi connectivity index (χ0) is 19.8. The Hall–Kier alpha value is -0.830. The molecule has 0 rings (SSSR count). The topological polar surface area (TPSA) is 55.1 Å². The fourth-order valence-electron chi connectivity index (χ4n) is 3.30. The van der Waals surface area contributed by atoms with Crippen LogP contribution in [0.4, 0.5) is 0 Å². The van der Waals surface area contributed by atoms with E-state index in [1.807, 2.05) is 0 Å². The van der Waals surface area contributed by atoms with E-state index in [4.69, 9.17) is 5.73 Å². The average molecular weight is 381 g/mol. The number of carbonyl (C=O) groups excluding carboxylic acids is 1. The molecular formula is C24H48N2O. The van der Waals surface area contributed by atoms with E-state index in [2.05, 4.69) is 24.4 Å². The number of nitrogens with one attached hydrogen (secondary N) is 1. The summed E-state index contributed by atoms with van der Waals surface area (Å²) < 4.78 is 0. The number of amides is 1. The van der Waals surface area contributed by atoms with E-state index in [9.17, 15) is 4.79 Å². The molecule has 1 amide bonds. The van der Waals surface area contributed by atoms with Crippen LogP contribution in [-0.2, 0) is 4.79 Å². The van der Waals surface area contributed by atoms with Gasteiger partial charge in [0.25, 0.3) is 0 Å². The molecule has 0 radical (unpaired) electrons. The van der Waals surface area contributed by atoms with E-state index in [0.717, 1.165) is 25.8 Å². The lowest BCUT2D eigenvalue weighted by atomic mass is 10.1. The molecular weight excluding hydrogens is 332 g/mol. The molecule has 160 valence electrons. The van der Waals surface area contributed by atoms with Gasteiger partial charge < -0.3 is 11.1 Å². The molecule has 0 atom stereocenters. The van der Waals surface area contributed by atoms with Gasteiger partial charge in [0.05, 0.1) is 0 Å². The number of carbonyl (C=O) groups is 1. The average Bonchev–Trinajstić information content (AvgIpc) is 2.67. The standard InChI is InChI=1S/C24H48N2O/c1-2-3-4-5-6-7-8-9-10-11-12-13-14-15-16-17-18-21-24(27)26-23-20-19-22-25/h9-10H,2-8,11-23,25H2,1H3,(H,26,27)/b10-9-. The van der Waals surface area contributed by atoms with Gasteiger partial charge in [0.2, 0.25) is 5.91 Å². The van der Waals surface area contributed by atoms with E-state index < -0.39 is 0 Å². The van der Waals surface area contributed by atoms with Gasteiger partial charge in [-0.25, -0.2) is 0 Å². The number of rotatable bonds is 21. The Morgan fingerprint density at radius 1 is 0.704 bits per heavy atom. The van der Waals surface area contributed by atoms with Crippen molar-refractivity contribution in [1.29, 1.82) is 0 Å². The van der Waals surface area contributed by atoms with Gasteiger partial charge >= 0.3 is 0 Å². The minimum atomic E-state index is 0.208. The summed E-state index contributed by atoms with van der Waals surface area (Å²) in [6.07, 6.45) is 27.2. The van der Waals surface area contributed by atoms with Crippen LogP contribution in [0.15, 0.2) is 12.2 Å². The van der Waals surface area contributed by atoms with Gasteiger partial charge in [0, 0.05) is 13.0 Å². The third-order valence-electron chi connectivity index (χ3n) is 5.12. The molecule has 0 aliphatic heterocycles. The smallest absolute Gasteiger partial charge is 0.219 e. The van der Waals surface area contributed by atoms with Crippen molar-refractivity contribution >= 4 is 5.91 Å². The van der Waals surface area contributed by atoms with Crippen LogP contribution in [0.3, 0.4) is 0 Å². The van der Waals surface area contributed by atoms with Gasteiger partial charge in [-0.2, -0.15) is 0 Å². The Morgan fingerprint density at radius 3 is 1.78 bits per heavy atom. The SMILES string of the molecule is CCCCCCCC/C=C\CCCCCCCCCC(=O)NCCCCN. The summed E-state index contributed by atoms with van der Waals surface area (Å²) in [5.74, 6) is 0.208. The quantitative estimate of drug-likeness (QED) is 0.173. The van der Waals surface area contributed by atoms with Crippen LogP contribution in [0.1, 0.15) is 122 Å². The van der Waals surface area contributed by atoms with Crippen LogP contribution in [0.5, 0.6) is 0 Å². The first kappa shape index (κ1) is 26.2. The third-order valence-corrected chi connectivity index (χ3v) is 5.12. The predicted octanol–water partition coefficient (Wildman–Crippen LogP) is 6.66. The van der Waals surface area contributed by atoms with Crippen molar-refractivity contribution in [3.8, 4) is 0 Å². The van der Waals surface area contributed by atoms with E-state index in [-0.39, 0.29) is 5.91 Å². The van der Waals surface area contributed by atoms with Crippen molar-refractivity contribution in [2.45, 2.75) is 122 Å². The monoisotopic (exact) mass is 380 g/mol. The summed E-state index contributed by atoms with van der Waals surface area (Å²) in [5.41, 5.74) is 5.44. The summed E-state index contributed by atoms with van der Waals surface area (Å²) in [4.78, 5) is 11.6. The molecule has 0 fully saturated rings. The molecule has 0 aliphatic carbocycles.